The van der Waals surface area contributed by atoms with Gasteiger partial charge in [0.25, 0.3) is 0 Å². The molecule has 2 aromatic rings. The molecule has 0 aliphatic rings. The molecule has 0 aliphatic heterocycles. The first-order chi connectivity index (χ1) is 13.8. The molecular weight excluding hydrogens is 384 g/mol. The number of benzene rings is 2. The lowest BCUT2D eigenvalue weighted by Crippen LogP contribution is -2.41. The first kappa shape index (κ1) is 23.1. The molecule has 1 unspecified atom stereocenters. The van der Waals surface area contributed by atoms with E-state index in [9.17, 15) is 13.6 Å². The van der Waals surface area contributed by atoms with Gasteiger partial charge in [0, 0.05) is 12.5 Å². The molecule has 0 saturated carbocycles. The van der Waals surface area contributed by atoms with Gasteiger partial charge in [-0.05, 0) is 37.6 Å². The highest BCUT2D eigenvalue weighted by Crippen LogP contribution is 2.14. The van der Waals surface area contributed by atoms with Crippen molar-refractivity contribution in [1.29, 1.82) is 0 Å². The van der Waals surface area contributed by atoms with Crippen LogP contribution < -0.4 is 4.72 Å². The standard InChI is InChI=1S/C23H32N2O3S/c1-4-5-6-10-13-22(18-25(26)20(3)21-11-8-7-9-12-21)24-29(27,28)23-16-14-19(2)15-17-23/h7-9,11-12,14-17,22,24H,4-6,10,13,18H2,1-3H3/b25-20-. The molecule has 29 heavy (non-hydrogen) atoms. The van der Waals surface area contributed by atoms with Gasteiger partial charge in [-0.2, -0.15) is 0 Å². The number of hydroxylamine groups is 1. The lowest BCUT2D eigenvalue weighted by molar-refractivity contribution is -0.461. The van der Waals surface area contributed by atoms with Crippen LogP contribution in [0.3, 0.4) is 0 Å². The summed E-state index contributed by atoms with van der Waals surface area (Å²) in [4.78, 5) is 0.225. The number of aryl methyl sites for hydroxylation is 1. The quantitative estimate of drug-likeness (QED) is 0.191. The Bertz CT molecular complexity index is 891. The van der Waals surface area contributed by atoms with Crippen LogP contribution in [0.25, 0.3) is 0 Å². The molecule has 0 aliphatic carbocycles. The number of rotatable bonds is 11. The maximum Gasteiger partial charge on any atom is 0.241 e. The van der Waals surface area contributed by atoms with Gasteiger partial charge in [0.15, 0.2) is 12.3 Å². The molecule has 0 radical (unpaired) electrons. The molecule has 6 heteroatoms. The Morgan fingerprint density at radius 1 is 1.03 bits per heavy atom. The monoisotopic (exact) mass is 416 g/mol. The lowest BCUT2D eigenvalue weighted by Gasteiger charge is -2.19. The SMILES string of the molecule is CCCCCCC(C/[N+]([O-])=C(\C)c1ccccc1)NS(=O)(=O)c1ccc(C)cc1. The number of nitrogens with one attached hydrogen (secondary N) is 1. The van der Waals surface area contributed by atoms with Crippen LogP contribution in [-0.2, 0) is 10.0 Å². The largest absolute Gasteiger partial charge is 0.624 e. The molecule has 0 amide bonds. The third kappa shape index (κ3) is 7.29. The maximum atomic E-state index is 12.8. The molecule has 0 bridgehead atoms. The zero-order chi connectivity index (χ0) is 21.3. The van der Waals surface area contributed by atoms with Crippen molar-refractivity contribution in [3.8, 4) is 0 Å². The normalized spacial score (nSPS) is 13.8. The van der Waals surface area contributed by atoms with E-state index in [-0.39, 0.29) is 11.4 Å². The van der Waals surface area contributed by atoms with Gasteiger partial charge in [0.2, 0.25) is 10.0 Å². The van der Waals surface area contributed by atoms with E-state index in [1.54, 1.807) is 31.2 Å². The fourth-order valence-electron chi connectivity index (χ4n) is 3.17. The molecule has 1 atom stereocenters. The van der Waals surface area contributed by atoms with Crippen LogP contribution >= 0.6 is 0 Å². The zero-order valence-corrected chi connectivity index (χ0v) is 18.4. The third-order valence-electron chi connectivity index (χ3n) is 5.01. The zero-order valence-electron chi connectivity index (χ0n) is 17.6. The second-order valence-electron chi connectivity index (χ2n) is 7.49. The molecule has 2 rings (SSSR count). The molecule has 0 spiro atoms. The molecule has 0 fully saturated rings. The Kier molecular flexibility index (Phi) is 8.86. The van der Waals surface area contributed by atoms with E-state index < -0.39 is 16.1 Å². The van der Waals surface area contributed by atoms with E-state index >= 15 is 0 Å². The Morgan fingerprint density at radius 2 is 1.69 bits per heavy atom. The average molecular weight is 417 g/mol. The molecule has 0 saturated heterocycles. The summed E-state index contributed by atoms with van der Waals surface area (Å²) in [6, 6.07) is 15.7. The summed E-state index contributed by atoms with van der Waals surface area (Å²) >= 11 is 0. The predicted molar refractivity (Wildman–Crippen MR) is 119 cm³/mol. The van der Waals surface area contributed by atoms with Crippen molar-refractivity contribution in [3.63, 3.8) is 0 Å². The van der Waals surface area contributed by atoms with Crippen molar-refractivity contribution in [3.05, 3.63) is 70.9 Å². The van der Waals surface area contributed by atoms with Crippen LogP contribution in [0.1, 0.15) is 57.1 Å². The van der Waals surface area contributed by atoms with E-state index in [0.717, 1.165) is 41.5 Å². The van der Waals surface area contributed by atoms with Gasteiger partial charge in [0.1, 0.15) is 0 Å². The minimum atomic E-state index is -3.68. The Morgan fingerprint density at radius 3 is 2.31 bits per heavy atom. The second kappa shape index (κ2) is 11.1. The van der Waals surface area contributed by atoms with Crippen LogP contribution in [0.5, 0.6) is 0 Å². The third-order valence-corrected chi connectivity index (χ3v) is 6.55. The van der Waals surface area contributed by atoms with Crippen LogP contribution in [-0.4, -0.2) is 31.5 Å². The Balaban J connectivity index is 2.18. The highest BCUT2D eigenvalue weighted by Gasteiger charge is 2.23. The molecule has 1 N–H and O–H groups in total. The van der Waals surface area contributed by atoms with Gasteiger partial charge in [-0.15, -0.1) is 0 Å². The smallest absolute Gasteiger partial charge is 0.241 e. The van der Waals surface area contributed by atoms with Gasteiger partial charge >= 0.3 is 0 Å². The summed E-state index contributed by atoms with van der Waals surface area (Å²) < 4.78 is 29.3. The van der Waals surface area contributed by atoms with Gasteiger partial charge in [-0.25, -0.2) is 17.9 Å². The van der Waals surface area contributed by atoms with E-state index in [4.69, 9.17) is 0 Å². The first-order valence-corrected chi connectivity index (χ1v) is 11.7. The summed E-state index contributed by atoms with van der Waals surface area (Å²) in [5.74, 6) is 0. The lowest BCUT2D eigenvalue weighted by atomic mass is 10.1. The highest BCUT2D eigenvalue weighted by molar-refractivity contribution is 7.89. The average Bonchev–Trinajstić information content (AvgIpc) is 2.71. The summed E-state index contributed by atoms with van der Waals surface area (Å²) in [5.41, 5.74) is 2.42. The molecule has 2 aromatic carbocycles. The van der Waals surface area contributed by atoms with Gasteiger partial charge in [-0.1, -0.05) is 68.5 Å². The maximum absolute atomic E-state index is 12.8. The van der Waals surface area contributed by atoms with Gasteiger partial charge in [0.05, 0.1) is 10.9 Å². The first-order valence-electron chi connectivity index (χ1n) is 10.3. The van der Waals surface area contributed by atoms with E-state index in [2.05, 4.69) is 11.6 Å². The molecular formula is C23H32N2O3S. The van der Waals surface area contributed by atoms with Crippen LogP contribution in [0.15, 0.2) is 59.5 Å². The summed E-state index contributed by atoms with van der Waals surface area (Å²) in [6.45, 7) is 5.90. The Labute approximate surface area is 175 Å². The van der Waals surface area contributed by atoms with E-state index in [1.807, 2.05) is 37.3 Å². The number of unbranched alkanes of at least 4 members (excludes halogenated alkanes) is 3. The Hall–Kier alpha value is -2.18. The highest BCUT2D eigenvalue weighted by atomic mass is 32.2. The minimum absolute atomic E-state index is 0.0813. The van der Waals surface area contributed by atoms with Crippen LogP contribution in [0.4, 0.5) is 0 Å². The molecule has 0 heterocycles. The number of hydrogen-bond acceptors (Lipinski definition) is 3. The number of sulfonamides is 1. The minimum Gasteiger partial charge on any atom is -0.624 e. The summed E-state index contributed by atoms with van der Waals surface area (Å²) in [6.07, 6.45) is 4.75. The molecule has 0 aromatic heterocycles. The van der Waals surface area contributed by atoms with Gasteiger partial charge in [-0.3, -0.25) is 0 Å². The van der Waals surface area contributed by atoms with Crippen molar-refractivity contribution in [2.75, 3.05) is 6.54 Å². The van der Waals surface area contributed by atoms with Crippen LogP contribution in [0.2, 0.25) is 0 Å². The topological polar surface area (TPSA) is 72.2 Å². The van der Waals surface area contributed by atoms with Crippen molar-refractivity contribution in [2.45, 2.75) is 63.8 Å². The molecule has 5 nitrogen and oxygen atoms in total. The number of hydrogen-bond donors (Lipinski definition) is 1. The van der Waals surface area contributed by atoms with Gasteiger partial charge < -0.3 is 5.21 Å². The summed E-state index contributed by atoms with van der Waals surface area (Å²) in [7, 11) is -3.68. The fraction of sp³-hybridized carbons (Fsp3) is 0.435. The predicted octanol–water partition coefficient (Wildman–Crippen LogP) is 4.63. The summed E-state index contributed by atoms with van der Waals surface area (Å²) in [5, 5.41) is 12.8. The van der Waals surface area contributed by atoms with Crippen molar-refractivity contribution < 1.29 is 13.2 Å². The van der Waals surface area contributed by atoms with Crippen molar-refractivity contribution >= 4 is 15.7 Å². The molecule has 158 valence electrons. The second-order valence-corrected chi connectivity index (χ2v) is 9.21. The van der Waals surface area contributed by atoms with Crippen molar-refractivity contribution in [1.82, 2.24) is 4.72 Å². The number of nitrogens with zero attached hydrogens (tertiary/aromatic N) is 1. The fourth-order valence-corrected chi connectivity index (χ4v) is 4.43. The van der Waals surface area contributed by atoms with Crippen LogP contribution in [0, 0.1) is 12.1 Å². The van der Waals surface area contributed by atoms with E-state index in [1.165, 1.54) is 0 Å². The van der Waals surface area contributed by atoms with Crippen molar-refractivity contribution in [2.24, 2.45) is 0 Å². The van der Waals surface area contributed by atoms with E-state index in [0.29, 0.717) is 12.1 Å².